The molecule has 28 heavy (non-hydrogen) atoms. The molecule has 0 aliphatic carbocycles. The van der Waals surface area contributed by atoms with Gasteiger partial charge in [-0.25, -0.2) is 14.2 Å². The van der Waals surface area contributed by atoms with Crippen LogP contribution in [0.4, 0.5) is 15.9 Å². The summed E-state index contributed by atoms with van der Waals surface area (Å²) in [7, 11) is 1.25. The van der Waals surface area contributed by atoms with Crippen molar-refractivity contribution in [3.8, 4) is 5.69 Å². The number of anilines is 1. The van der Waals surface area contributed by atoms with Crippen molar-refractivity contribution in [2.45, 2.75) is 0 Å². The summed E-state index contributed by atoms with van der Waals surface area (Å²) in [6.45, 7) is 0. The number of nitro groups is 1. The van der Waals surface area contributed by atoms with Crippen LogP contribution in [0.2, 0.25) is 0 Å². The van der Waals surface area contributed by atoms with Gasteiger partial charge in [0.1, 0.15) is 11.5 Å². The Hall–Kier alpha value is -4.08. The van der Waals surface area contributed by atoms with Crippen molar-refractivity contribution in [3.05, 3.63) is 82.0 Å². The van der Waals surface area contributed by atoms with Crippen LogP contribution in [-0.2, 0) is 4.74 Å². The molecule has 3 aromatic rings. The Labute approximate surface area is 158 Å². The number of carbonyl (C=O) groups is 1. The van der Waals surface area contributed by atoms with Gasteiger partial charge < -0.3 is 9.30 Å². The van der Waals surface area contributed by atoms with Gasteiger partial charge in [-0.1, -0.05) is 0 Å². The predicted molar refractivity (Wildman–Crippen MR) is 99.2 cm³/mol. The third-order valence-corrected chi connectivity index (χ3v) is 3.74. The molecular formula is C18H14FN5O4. The molecule has 0 aliphatic rings. The first-order valence-electron chi connectivity index (χ1n) is 7.95. The smallest absolute Gasteiger partial charge is 0.355 e. The first kappa shape index (κ1) is 18.7. The average molecular weight is 383 g/mol. The largest absolute Gasteiger partial charge is 0.464 e. The van der Waals surface area contributed by atoms with Crippen LogP contribution in [0.5, 0.6) is 0 Å². The summed E-state index contributed by atoms with van der Waals surface area (Å²) < 4.78 is 19.5. The second kappa shape index (κ2) is 8.08. The second-order valence-electron chi connectivity index (χ2n) is 5.45. The molecule has 0 amide bonds. The minimum atomic E-state index is -0.586. The van der Waals surface area contributed by atoms with E-state index in [1.54, 1.807) is 6.07 Å². The summed E-state index contributed by atoms with van der Waals surface area (Å²) >= 11 is 0. The fourth-order valence-corrected chi connectivity index (χ4v) is 2.49. The molecule has 0 spiro atoms. The van der Waals surface area contributed by atoms with Gasteiger partial charge in [-0.05, 0) is 42.5 Å². The number of hydrazone groups is 1. The summed E-state index contributed by atoms with van der Waals surface area (Å²) in [5, 5.41) is 15.0. The van der Waals surface area contributed by atoms with Gasteiger partial charge in [-0.3, -0.25) is 15.5 Å². The highest BCUT2D eigenvalue weighted by Crippen LogP contribution is 2.21. The van der Waals surface area contributed by atoms with E-state index in [-0.39, 0.29) is 17.2 Å². The number of nitrogens with zero attached hydrogens (tertiary/aromatic N) is 4. The Balaban J connectivity index is 1.95. The van der Waals surface area contributed by atoms with E-state index >= 15 is 0 Å². The van der Waals surface area contributed by atoms with Crippen LogP contribution in [0, 0.1) is 15.9 Å². The van der Waals surface area contributed by atoms with E-state index < -0.39 is 16.7 Å². The first-order chi connectivity index (χ1) is 13.5. The highest BCUT2D eigenvalue weighted by Gasteiger charge is 2.17. The number of rotatable bonds is 6. The highest BCUT2D eigenvalue weighted by molar-refractivity contribution is 5.91. The van der Waals surface area contributed by atoms with Crippen LogP contribution < -0.4 is 5.43 Å². The quantitative estimate of drug-likeness (QED) is 0.303. The lowest BCUT2D eigenvalue weighted by atomic mass is 10.3. The van der Waals surface area contributed by atoms with Gasteiger partial charge in [0.15, 0.2) is 0 Å². The Bertz CT molecular complexity index is 1050. The zero-order valence-corrected chi connectivity index (χ0v) is 14.6. The molecule has 0 saturated heterocycles. The van der Waals surface area contributed by atoms with E-state index in [0.717, 1.165) is 0 Å². The molecule has 1 aromatic carbocycles. The Morgan fingerprint density at radius 1 is 1.29 bits per heavy atom. The molecule has 0 bridgehead atoms. The van der Waals surface area contributed by atoms with Crippen molar-refractivity contribution >= 4 is 23.7 Å². The molecule has 1 N–H and O–H groups in total. The molecule has 9 nitrogen and oxygen atoms in total. The third kappa shape index (κ3) is 3.85. The number of aromatic nitrogens is 2. The number of pyridine rings is 1. The molecule has 2 aromatic heterocycles. The number of esters is 1. The van der Waals surface area contributed by atoms with Crippen molar-refractivity contribution in [1.82, 2.24) is 9.55 Å². The lowest BCUT2D eigenvalue weighted by molar-refractivity contribution is -0.384. The molecule has 0 aliphatic heterocycles. The minimum Gasteiger partial charge on any atom is -0.464 e. The number of halogens is 1. The molecule has 0 radical (unpaired) electrons. The van der Waals surface area contributed by atoms with E-state index in [2.05, 4.69) is 15.5 Å². The summed E-state index contributed by atoms with van der Waals surface area (Å²) in [6, 6.07) is 11.4. The maximum absolute atomic E-state index is 13.2. The van der Waals surface area contributed by atoms with Crippen molar-refractivity contribution in [2.75, 3.05) is 12.5 Å². The van der Waals surface area contributed by atoms with Crippen molar-refractivity contribution in [3.63, 3.8) is 0 Å². The average Bonchev–Trinajstić information content (AvgIpc) is 3.12. The summed E-state index contributed by atoms with van der Waals surface area (Å²) in [5.41, 5.74) is 3.45. The molecule has 0 unspecified atom stereocenters. The van der Waals surface area contributed by atoms with Crippen LogP contribution in [0.1, 0.15) is 16.2 Å². The zero-order chi connectivity index (χ0) is 20.1. The molecular weight excluding hydrogens is 369 g/mol. The van der Waals surface area contributed by atoms with Crippen LogP contribution >= 0.6 is 0 Å². The Kier molecular flexibility index (Phi) is 5.40. The van der Waals surface area contributed by atoms with E-state index in [0.29, 0.717) is 11.4 Å². The Morgan fingerprint density at radius 3 is 2.71 bits per heavy atom. The maximum atomic E-state index is 13.2. The molecule has 0 fully saturated rings. The standard InChI is InChI=1S/C18H14FN5O4/c1-28-18(25)16-9-8-14(23(16)13-6-4-12(19)5-7-13)11-21-22-17-15(24(26)27)3-2-10-20-17/h2-11H,1H3,(H,20,22). The SMILES string of the molecule is COC(=O)c1ccc(C=NNc2ncccc2[N+](=O)[O-])n1-c1ccc(F)cc1. The number of carbonyl (C=O) groups excluding carboxylic acids is 1. The number of methoxy groups -OCH3 is 1. The van der Waals surface area contributed by atoms with Crippen molar-refractivity contribution in [2.24, 2.45) is 5.10 Å². The third-order valence-electron chi connectivity index (χ3n) is 3.74. The molecule has 10 heteroatoms. The zero-order valence-electron chi connectivity index (χ0n) is 14.6. The summed E-state index contributed by atoms with van der Waals surface area (Å²) in [6.07, 6.45) is 2.75. The van der Waals surface area contributed by atoms with Crippen LogP contribution in [-0.4, -0.2) is 33.8 Å². The highest BCUT2D eigenvalue weighted by atomic mass is 19.1. The van der Waals surface area contributed by atoms with Crippen molar-refractivity contribution < 1.29 is 18.8 Å². The molecule has 3 rings (SSSR count). The number of hydrogen-bond donors (Lipinski definition) is 1. The van der Waals surface area contributed by atoms with Gasteiger partial charge in [0.25, 0.3) is 0 Å². The topological polar surface area (TPSA) is 112 Å². The fraction of sp³-hybridized carbons (Fsp3) is 0.0556. The minimum absolute atomic E-state index is 0.0307. The van der Waals surface area contributed by atoms with Gasteiger partial charge in [-0.15, -0.1) is 0 Å². The number of nitrogens with one attached hydrogen (secondary N) is 1. The van der Waals surface area contributed by atoms with Crippen molar-refractivity contribution in [1.29, 1.82) is 0 Å². The van der Waals surface area contributed by atoms with E-state index in [1.807, 2.05) is 0 Å². The van der Waals surface area contributed by atoms with Gasteiger partial charge in [0, 0.05) is 18.0 Å². The van der Waals surface area contributed by atoms with Gasteiger partial charge in [-0.2, -0.15) is 5.10 Å². The molecule has 0 atom stereocenters. The second-order valence-corrected chi connectivity index (χ2v) is 5.45. The first-order valence-corrected chi connectivity index (χ1v) is 7.95. The van der Waals surface area contributed by atoms with Crippen LogP contribution in [0.15, 0.2) is 59.8 Å². The molecule has 0 saturated carbocycles. The lowest BCUT2D eigenvalue weighted by Crippen LogP contribution is -2.11. The summed E-state index contributed by atoms with van der Waals surface area (Å²) in [4.78, 5) is 26.4. The van der Waals surface area contributed by atoms with E-state index in [1.165, 1.54) is 66.6 Å². The van der Waals surface area contributed by atoms with Gasteiger partial charge >= 0.3 is 11.7 Å². The van der Waals surface area contributed by atoms with Gasteiger partial charge in [0.2, 0.25) is 5.82 Å². The maximum Gasteiger partial charge on any atom is 0.355 e. The molecule has 142 valence electrons. The monoisotopic (exact) mass is 383 g/mol. The lowest BCUT2D eigenvalue weighted by Gasteiger charge is -2.10. The Morgan fingerprint density at radius 2 is 2.04 bits per heavy atom. The van der Waals surface area contributed by atoms with Crippen LogP contribution in [0.25, 0.3) is 5.69 Å². The normalized spacial score (nSPS) is 10.8. The van der Waals surface area contributed by atoms with Crippen LogP contribution in [0.3, 0.4) is 0 Å². The number of hydrogen-bond acceptors (Lipinski definition) is 7. The number of ether oxygens (including phenoxy) is 1. The predicted octanol–water partition coefficient (Wildman–Crippen LogP) is 3.15. The fourth-order valence-electron chi connectivity index (χ4n) is 2.49. The summed E-state index contributed by atoms with van der Waals surface area (Å²) in [5.74, 6) is -1.04. The molecule has 2 heterocycles. The number of benzene rings is 1. The van der Waals surface area contributed by atoms with E-state index in [4.69, 9.17) is 4.74 Å². The van der Waals surface area contributed by atoms with Gasteiger partial charge in [0.05, 0.1) is 23.9 Å². The van der Waals surface area contributed by atoms with E-state index in [9.17, 15) is 19.3 Å².